The van der Waals surface area contributed by atoms with Crippen LogP contribution in [0.25, 0.3) is 6.08 Å². The van der Waals surface area contributed by atoms with Crippen LogP contribution < -0.4 is 5.32 Å². The summed E-state index contributed by atoms with van der Waals surface area (Å²) in [6.45, 7) is 0. The lowest BCUT2D eigenvalue weighted by molar-refractivity contribution is -0.115. The van der Waals surface area contributed by atoms with Crippen molar-refractivity contribution in [3.63, 3.8) is 0 Å². The molecule has 3 nitrogen and oxygen atoms in total. The molecule has 2 aromatic rings. The summed E-state index contributed by atoms with van der Waals surface area (Å²) < 4.78 is 0. The molecule has 0 saturated carbocycles. The maximum atomic E-state index is 11.5. The Balaban J connectivity index is 1.56. The third kappa shape index (κ3) is 4.50. The average molecular weight is 341 g/mol. The van der Waals surface area contributed by atoms with Gasteiger partial charge in [-0.05, 0) is 47.5 Å². The molecule has 2 amide bonds. The molecule has 2 aromatic carbocycles. The Kier molecular flexibility index (Phi) is 5.20. The SMILES string of the molecule is O=C1NC(=O)/C(=C\c2ccc(CCSc3ccccc3)cc2)S1. The monoisotopic (exact) mass is 341 g/mol. The summed E-state index contributed by atoms with van der Waals surface area (Å²) in [6.07, 6.45) is 2.73. The van der Waals surface area contributed by atoms with Crippen LogP contribution in [-0.2, 0) is 11.2 Å². The first-order valence-corrected chi connectivity index (χ1v) is 9.02. The van der Waals surface area contributed by atoms with E-state index in [2.05, 4.69) is 29.6 Å². The van der Waals surface area contributed by atoms with Crippen LogP contribution in [0.1, 0.15) is 11.1 Å². The zero-order valence-electron chi connectivity index (χ0n) is 12.3. The highest BCUT2D eigenvalue weighted by Crippen LogP contribution is 2.25. The van der Waals surface area contributed by atoms with E-state index in [0.717, 1.165) is 29.5 Å². The molecule has 5 heteroatoms. The molecule has 0 bridgehead atoms. The number of benzene rings is 2. The quantitative estimate of drug-likeness (QED) is 0.649. The number of hydrogen-bond donors (Lipinski definition) is 1. The predicted octanol–water partition coefficient (Wildman–Crippen LogP) is 4.35. The van der Waals surface area contributed by atoms with Gasteiger partial charge in [-0.1, -0.05) is 42.5 Å². The second-order valence-corrected chi connectivity index (χ2v) is 7.19. The number of amides is 2. The van der Waals surface area contributed by atoms with Gasteiger partial charge in [0, 0.05) is 10.6 Å². The van der Waals surface area contributed by atoms with Gasteiger partial charge in [-0.25, -0.2) is 0 Å². The van der Waals surface area contributed by atoms with Crippen LogP contribution in [0.2, 0.25) is 0 Å². The maximum Gasteiger partial charge on any atom is 0.290 e. The standard InChI is InChI=1S/C18H15NO2S2/c20-17-16(23-18(21)19-17)12-14-8-6-13(7-9-14)10-11-22-15-4-2-1-3-5-15/h1-9,12H,10-11H2,(H,19,20,21)/b16-12+. The lowest BCUT2D eigenvalue weighted by atomic mass is 10.1. The molecule has 1 aliphatic heterocycles. The van der Waals surface area contributed by atoms with Gasteiger partial charge in [0.05, 0.1) is 4.91 Å². The molecule has 1 saturated heterocycles. The van der Waals surface area contributed by atoms with Crippen molar-refractivity contribution in [2.75, 3.05) is 5.75 Å². The van der Waals surface area contributed by atoms with Gasteiger partial charge in [0.2, 0.25) is 0 Å². The third-order valence-electron chi connectivity index (χ3n) is 3.32. The van der Waals surface area contributed by atoms with Gasteiger partial charge in [-0.15, -0.1) is 11.8 Å². The van der Waals surface area contributed by atoms with Crippen molar-refractivity contribution in [1.82, 2.24) is 5.32 Å². The first kappa shape index (κ1) is 15.9. The molecule has 0 unspecified atom stereocenters. The second kappa shape index (κ2) is 7.53. The molecule has 23 heavy (non-hydrogen) atoms. The first-order chi connectivity index (χ1) is 11.2. The van der Waals surface area contributed by atoms with Crippen LogP contribution in [0.15, 0.2) is 64.4 Å². The van der Waals surface area contributed by atoms with E-state index >= 15 is 0 Å². The van der Waals surface area contributed by atoms with Gasteiger partial charge in [0.25, 0.3) is 11.1 Å². The van der Waals surface area contributed by atoms with E-state index in [-0.39, 0.29) is 11.1 Å². The average Bonchev–Trinajstić information content (AvgIpc) is 2.88. The minimum absolute atomic E-state index is 0.309. The number of hydrogen-bond acceptors (Lipinski definition) is 4. The van der Waals surface area contributed by atoms with Crippen molar-refractivity contribution in [2.24, 2.45) is 0 Å². The van der Waals surface area contributed by atoms with E-state index in [9.17, 15) is 9.59 Å². The topological polar surface area (TPSA) is 46.2 Å². The minimum Gasteiger partial charge on any atom is -0.282 e. The molecule has 0 aliphatic carbocycles. The Labute approximate surface area is 143 Å². The van der Waals surface area contributed by atoms with Gasteiger partial charge in [-0.3, -0.25) is 14.9 Å². The number of rotatable bonds is 5. The fourth-order valence-corrected chi connectivity index (χ4v) is 3.76. The van der Waals surface area contributed by atoms with E-state index in [0.29, 0.717) is 4.91 Å². The number of nitrogens with one attached hydrogen (secondary N) is 1. The lowest BCUT2D eigenvalue weighted by Gasteiger charge is -2.03. The van der Waals surface area contributed by atoms with Crippen molar-refractivity contribution >= 4 is 40.7 Å². The minimum atomic E-state index is -0.316. The third-order valence-corrected chi connectivity index (χ3v) is 5.15. The molecule has 0 spiro atoms. The summed E-state index contributed by atoms with van der Waals surface area (Å²) in [5.41, 5.74) is 2.19. The number of carbonyl (C=O) groups excluding carboxylic acids is 2. The van der Waals surface area contributed by atoms with Gasteiger partial charge in [-0.2, -0.15) is 0 Å². The number of aryl methyl sites for hydroxylation is 1. The number of thioether (sulfide) groups is 2. The van der Waals surface area contributed by atoms with Crippen molar-refractivity contribution in [1.29, 1.82) is 0 Å². The van der Waals surface area contributed by atoms with E-state index in [1.165, 1.54) is 10.5 Å². The molecule has 1 heterocycles. The van der Waals surface area contributed by atoms with Crippen LogP contribution in [0.3, 0.4) is 0 Å². The fourth-order valence-electron chi connectivity index (χ4n) is 2.16. The summed E-state index contributed by atoms with van der Waals surface area (Å²) in [4.78, 5) is 24.4. The van der Waals surface area contributed by atoms with E-state index < -0.39 is 0 Å². The van der Waals surface area contributed by atoms with E-state index in [1.807, 2.05) is 42.1 Å². The molecule has 1 aliphatic rings. The first-order valence-electron chi connectivity index (χ1n) is 7.22. The summed E-state index contributed by atoms with van der Waals surface area (Å²) in [5.74, 6) is 0.709. The Bertz CT molecular complexity index is 739. The van der Waals surface area contributed by atoms with Gasteiger partial charge >= 0.3 is 0 Å². The zero-order chi connectivity index (χ0) is 16.1. The van der Waals surface area contributed by atoms with Crippen molar-refractivity contribution in [3.05, 3.63) is 70.6 Å². The summed E-state index contributed by atoms with van der Waals surface area (Å²) >= 11 is 2.78. The number of carbonyl (C=O) groups is 2. The molecule has 1 N–H and O–H groups in total. The highest BCUT2D eigenvalue weighted by Gasteiger charge is 2.24. The molecule has 116 valence electrons. The largest absolute Gasteiger partial charge is 0.290 e. The molecule has 0 radical (unpaired) electrons. The van der Waals surface area contributed by atoms with Gasteiger partial charge < -0.3 is 0 Å². The highest BCUT2D eigenvalue weighted by atomic mass is 32.2. The molecular formula is C18H15NO2S2. The van der Waals surface area contributed by atoms with Gasteiger partial charge in [0.1, 0.15) is 0 Å². The Morgan fingerprint density at radius 3 is 2.39 bits per heavy atom. The molecule has 0 atom stereocenters. The van der Waals surface area contributed by atoms with Crippen LogP contribution in [0, 0.1) is 0 Å². The summed E-state index contributed by atoms with van der Waals surface area (Å²) in [6, 6.07) is 18.4. The van der Waals surface area contributed by atoms with Crippen LogP contribution in [0.4, 0.5) is 4.79 Å². The Morgan fingerprint density at radius 1 is 1.00 bits per heavy atom. The fraction of sp³-hybridized carbons (Fsp3) is 0.111. The second-order valence-electron chi connectivity index (χ2n) is 5.01. The van der Waals surface area contributed by atoms with Crippen molar-refractivity contribution < 1.29 is 9.59 Å². The van der Waals surface area contributed by atoms with Gasteiger partial charge in [0.15, 0.2) is 0 Å². The Hall–Kier alpha value is -1.98. The smallest absolute Gasteiger partial charge is 0.282 e. The van der Waals surface area contributed by atoms with Crippen LogP contribution in [0.5, 0.6) is 0 Å². The van der Waals surface area contributed by atoms with E-state index in [1.54, 1.807) is 6.08 Å². The Morgan fingerprint density at radius 2 is 1.74 bits per heavy atom. The van der Waals surface area contributed by atoms with Crippen LogP contribution >= 0.6 is 23.5 Å². The molecule has 0 aromatic heterocycles. The van der Waals surface area contributed by atoms with Crippen molar-refractivity contribution in [3.8, 4) is 0 Å². The predicted molar refractivity (Wildman–Crippen MR) is 96.4 cm³/mol. The van der Waals surface area contributed by atoms with Crippen molar-refractivity contribution in [2.45, 2.75) is 11.3 Å². The normalized spacial score (nSPS) is 15.9. The zero-order valence-corrected chi connectivity index (χ0v) is 14.0. The lowest BCUT2D eigenvalue weighted by Crippen LogP contribution is -2.17. The van der Waals surface area contributed by atoms with E-state index in [4.69, 9.17) is 0 Å². The molecule has 3 rings (SSSR count). The number of imide groups is 1. The van der Waals surface area contributed by atoms with Crippen LogP contribution in [-0.4, -0.2) is 16.9 Å². The molecular weight excluding hydrogens is 326 g/mol. The summed E-state index contributed by atoms with van der Waals surface area (Å²) in [7, 11) is 0. The maximum absolute atomic E-state index is 11.5. The summed E-state index contributed by atoms with van der Waals surface area (Å²) in [5, 5.41) is 1.95. The highest BCUT2D eigenvalue weighted by molar-refractivity contribution is 8.18. The molecule has 1 fully saturated rings.